The number of aromatic nitrogens is 3. The van der Waals surface area contributed by atoms with Gasteiger partial charge in [-0.2, -0.15) is 0 Å². The van der Waals surface area contributed by atoms with E-state index in [4.69, 9.17) is 0 Å². The third kappa shape index (κ3) is 6.12. The van der Waals surface area contributed by atoms with E-state index in [9.17, 15) is 24.3 Å². The number of carbonyl (C=O) groups excluding carboxylic acids is 2. The minimum Gasteiger partial charge on any atom is -0.477 e. The van der Waals surface area contributed by atoms with Crippen molar-refractivity contribution in [3.05, 3.63) is 130 Å². The van der Waals surface area contributed by atoms with Gasteiger partial charge in [-0.1, -0.05) is 67.8 Å². The van der Waals surface area contributed by atoms with Crippen LogP contribution in [0.4, 0.5) is 5.69 Å². The van der Waals surface area contributed by atoms with Crippen LogP contribution in [0.3, 0.4) is 0 Å². The van der Waals surface area contributed by atoms with Crippen molar-refractivity contribution in [3.8, 4) is 5.69 Å². The monoisotopic (exact) mass is 641 g/mol. The first-order chi connectivity index (χ1) is 23.4. The molecule has 10 heteroatoms. The maximum atomic E-state index is 14.0. The molecule has 6 aromatic rings. The Hall–Kier alpha value is -5.90. The molecule has 242 valence electrons. The number of hydrogen-bond acceptors (Lipinski definition) is 4. The third-order valence-corrected chi connectivity index (χ3v) is 9.09. The second kappa shape index (κ2) is 13.1. The summed E-state index contributed by atoms with van der Waals surface area (Å²) in [6.07, 6.45) is 5.57. The van der Waals surface area contributed by atoms with Gasteiger partial charge in [0.1, 0.15) is 11.7 Å². The maximum absolute atomic E-state index is 14.0. The van der Waals surface area contributed by atoms with Gasteiger partial charge in [-0.3, -0.25) is 19.1 Å². The van der Waals surface area contributed by atoms with Gasteiger partial charge in [-0.25, -0.2) is 9.48 Å². The van der Waals surface area contributed by atoms with Gasteiger partial charge in [0, 0.05) is 28.6 Å². The zero-order valence-electron chi connectivity index (χ0n) is 26.2. The van der Waals surface area contributed by atoms with Crippen molar-refractivity contribution in [1.29, 1.82) is 0 Å². The average Bonchev–Trinajstić information content (AvgIpc) is 3.67. The predicted octanol–water partition coefficient (Wildman–Crippen LogP) is 6.46. The first-order valence-electron chi connectivity index (χ1n) is 16.2. The van der Waals surface area contributed by atoms with Crippen molar-refractivity contribution < 1.29 is 19.5 Å². The van der Waals surface area contributed by atoms with E-state index in [1.807, 2.05) is 66.7 Å². The Kier molecular flexibility index (Phi) is 8.37. The van der Waals surface area contributed by atoms with E-state index in [2.05, 4.69) is 20.3 Å². The Balaban J connectivity index is 1.20. The first-order valence-corrected chi connectivity index (χ1v) is 16.2. The summed E-state index contributed by atoms with van der Waals surface area (Å²) >= 11 is 0. The molecule has 0 saturated heterocycles. The number of anilines is 1. The van der Waals surface area contributed by atoms with E-state index in [-0.39, 0.29) is 29.3 Å². The number of benzene rings is 4. The molecule has 2 heterocycles. The molecule has 1 fully saturated rings. The third-order valence-electron chi connectivity index (χ3n) is 9.09. The number of nitrogens with one attached hydrogen (secondary N) is 3. The highest BCUT2D eigenvalue weighted by atomic mass is 16.4. The Morgan fingerprint density at radius 2 is 1.58 bits per heavy atom. The molecule has 7 rings (SSSR count). The number of carboxylic acid groups (broad SMARTS) is 1. The van der Waals surface area contributed by atoms with Gasteiger partial charge in [-0.15, -0.1) is 0 Å². The van der Waals surface area contributed by atoms with Crippen LogP contribution in [0.25, 0.3) is 27.5 Å². The molecule has 1 saturated carbocycles. The van der Waals surface area contributed by atoms with Crippen molar-refractivity contribution >= 4 is 45.3 Å². The van der Waals surface area contributed by atoms with E-state index in [0.29, 0.717) is 22.0 Å². The van der Waals surface area contributed by atoms with E-state index in [1.165, 1.54) is 12.5 Å². The lowest BCUT2D eigenvalue weighted by Gasteiger charge is -2.26. The maximum Gasteiger partial charge on any atom is 0.352 e. The number of aromatic carboxylic acids is 1. The quantitative estimate of drug-likeness (QED) is 0.144. The smallest absolute Gasteiger partial charge is 0.352 e. The second-order valence-corrected chi connectivity index (χ2v) is 12.3. The fourth-order valence-electron chi connectivity index (χ4n) is 6.72. The van der Waals surface area contributed by atoms with Gasteiger partial charge in [0.15, 0.2) is 0 Å². The zero-order chi connectivity index (χ0) is 33.2. The Morgan fingerprint density at radius 3 is 2.31 bits per heavy atom. The Bertz CT molecular complexity index is 2190. The number of fused-ring (bicyclic) bond motifs is 2. The predicted molar refractivity (Wildman–Crippen MR) is 185 cm³/mol. The van der Waals surface area contributed by atoms with E-state index < -0.39 is 23.8 Å². The molecule has 1 aliphatic rings. The minimum absolute atomic E-state index is 0.0456. The summed E-state index contributed by atoms with van der Waals surface area (Å²) in [5, 5.41) is 16.2. The molecule has 1 atom stereocenters. The SMILES string of the molecule is O=C(N[C@@H](Cc1ccccc1)C(=O)Nc1ccc2[nH]c(C(=O)O)cc2c1)c1ccc2c(c1)c(=O)n(-c1ccccc1)n2C1CCCCC1. The largest absolute Gasteiger partial charge is 0.477 e. The van der Waals surface area contributed by atoms with Crippen LogP contribution in [0.15, 0.2) is 108 Å². The number of para-hydroxylation sites is 1. The number of aromatic amines is 1. The summed E-state index contributed by atoms with van der Waals surface area (Å²) in [6, 6.07) is 29.9. The first kappa shape index (κ1) is 30.7. The number of nitrogens with zero attached hydrogens (tertiary/aromatic N) is 2. The molecular formula is C38H35N5O5. The molecule has 1 aliphatic carbocycles. The molecular weight excluding hydrogens is 606 g/mol. The summed E-state index contributed by atoms with van der Waals surface area (Å²) in [4.78, 5) is 55.7. The Labute approximate surface area is 276 Å². The number of rotatable bonds is 9. The summed E-state index contributed by atoms with van der Waals surface area (Å²) < 4.78 is 3.83. The number of carboxylic acids is 1. The van der Waals surface area contributed by atoms with Crippen LogP contribution in [0.1, 0.15) is 64.6 Å². The van der Waals surface area contributed by atoms with E-state index in [0.717, 1.165) is 42.5 Å². The molecule has 10 nitrogen and oxygen atoms in total. The molecule has 0 aliphatic heterocycles. The van der Waals surface area contributed by atoms with Crippen LogP contribution in [0, 0.1) is 0 Å². The average molecular weight is 642 g/mol. The van der Waals surface area contributed by atoms with E-state index >= 15 is 0 Å². The number of amides is 2. The molecule has 48 heavy (non-hydrogen) atoms. The highest BCUT2D eigenvalue weighted by Gasteiger charge is 2.26. The molecule has 2 amide bonds. The summed E-state index contributed by atoms with van der Waals surface area (Å²) in [7, 11) is 0. The fraction of sp³-hybridized carbons (Fsp3) is 0.211. The number of hydrogen-bond donors (Lipinski definition) is 4. The molecule has 4 aromatic carbocycles. The topological polar surface area (TPSA) is 138 Å². The highest BCUT2D eigenvalue weighted by Crippen LogP contribution is 2.32. The van der Waals surface area contributed by atoms with Crippen LogP contribution in [0.2, 0.25) is 0 Å². The summed E-state index contributed by atoms with van der Waals surface area (Å²) in [5.74, 6) is -1.99. The molecule has 4 N–H and O–H groups in total. The van der Waals surface area contributed by atoms with Crippen LogP contribution in [-0.2, 0) is 11.2 Å². The van der Waals surface area contributed by atoms with Gasteiger partial charge in [0.25, 0.3) is 11.5 Å². The van der Waals surface area contributed by atoms with Gasteiger partial charge >= 0.3 is 5.97 Å². The fourth-order valence-corrected chi connectivity index (χ4v) is 6.72. The van der Waals surface area contributed by atoms with Crippen molar-refractivity contribution in [1.82, 2.24) is 19.7 Å². The molecule has 0 unspecified atom stereocenters. The zero-order valence-corrected chi connectivity index (χ0v) is 26.2. The van der Waals surface area contributed by atoms with Gasteiger partial charge < -0.3 is 20.7 Å². The highest BCUT2D eigenvalue weighted by molar-refractivity contribution is 6.04. The minimum atomic E-state index is -1.08. The summed E-state index contributed by atoms with van der Waals surface area (Å²) in [6.45, 7) is 0. The summed E-state index contributed by atoms with van der Waals surface area (Å²) in [5.41, 5.74) is 3.62. The van der Waals surface area contributed by atoms with Gasteiger partial charge in [0.2, 0.25) is 5.91 Å². The van der Waals surface area contributed by atoms with Crippen LogP contribution in [-0.4, -0.2) is 43.3 Å². The number of carbonyl (C=O) groups is 3. The molecule has 2 aromatic heterocycles. The van der Waals surface area contributed by atoms with Gasteiger partial charge in [-0.05, 0) is 73.0 Å². The van der Waals surface area contributed by atoms with Gasteiger partial charge in [0.05, 0.1) is 22.6 Å². The van der Waals surface area contributed by atoms with Crippen molar-refractivity contribution in [2.24, 2.45) is 0 Å². The molecule has 0 radical (unpaired) electrons. The van der Waals surface area contributed by atoms with Crippen molar-refractivity contribution in [3.63, 3.8) is 0 Å². The van der Waals surface area contributed by atoms with E-state index in [1.54, 1.807) is 35.0 Å². The van der Waals surface area contributed by atoms with Crippen LogP contribution in [0.5, 0.6) is 0 Å². The Morgan fingerprint density at radius 1 is 0.854 bits per heavy atom. The van der Waals surface area contributed by atoms with Crippen molar-refractivity contribution in [2.75, 3.05) is 5.32 Å². The standard InChI is InChI=1S/C38H35N5O5/c44-35(25-16-19-34-30(22-25)37(46)43(29-14-8-3-9-15-29)42(34)28-12-6-2-7-13-28)41-32(20-24-10-4-1-5-11-24)36(45)39-27-17-18-31-26(21-27)23-33(40-31)38(47)48/h1,3-5,8-11,14-19,21-23,28,32,40H,2,6-7,12-13,20H2,(H,39,45)(H,41,44)(H,47,48)/t32-/m0/s1. The lowest BCUT2D eigenvalue weighted by Crippen LogP contribution is -2.45. The van der Waals surface area contributed by atoms with Crippen LogP contribution >= 0.6 is 0 Å². The lowest BCUT2D eigenvalue weighted by atomic mass is 9.95. The van der Waals surface area contributed by atoms with Crippen LogP contribution < -0.4 is 16.2 Å². The molecule has 0 bridgehead atoms. The number of H-pyrrole nitrogens is 1. The van der Waals surface area contributed by atoms with Crippen molar-refractivity contribution in [2.45, 2.75) is 50.6 Å². The normalized spacial score (nSPS) is 14.2. The second-order valence-electron chi connectivity index (χ2n) is 12.3. The lowest BCUT2D eigenvalue weighted by molar-refractivity contribution is -0.118. The molecule has 0 spiro atoms.